The molecule has 1 aromatic rings. The Kier molecular flexibility index (Phi) is 2.71. The third-order valence-electron chi connectivity index (χ3n) is 1.75. The van der Waals surface area contributed by atoms with Crippen molar-refractivity contribution in [1.82, 2.24) is 0 Å². The molecule has 0 radical (unpaired) electrons. The second kappa shape index (κ2) is 3.77. The number of benzene rings is 1. The van der Waals surface area contributed by atoms with E-state index in [9.17, 15) is 0 Å². The molecule has 2 heteroatoms. The third-order valence-corrected chi connectivity index (χ3v) is 1.75. The van der Waals surface area contributed by atoms with Crippen LogP contribution < -0.4 is 5.32 Å². The van der Waals surface area contributed by atoms with Crippen molar-refractivity contribution in [3.8, 4) is 6.07 Å². The Labute approximate surface area is 72.8 Å². The summed E-state index contributed by atoms with van der Waals surface area (Å²) < 4.78 is 0. The minimum Gasteiger partial charge on any atom is -0.384 e. The molecular weight excluding hydrogens is 148 g/mol. The van der Waals surface area contributed by atoms with Crippen LogP contribution in [-0.2, 0) is 0 Å². The molecule has 12 heavy (non-hydrogen) atoms. The molecule has 0 unspecified atom stereocenters. The average molecular weight is 160 g/mol. The van der Waals surface area contributed by atoms with Crippen molar-refractivity contribution in [1.29, 1.82) is 5.26 Å². The Morgan fingerprint density at radius 1 is 1.50 bits per heavy atom. The number of aryl methyl sites for hydroxylation is 1. The first-order valence-electron chi connectivity index (χ1n) is 4.03. The molecular formula is C10H12N2. The van der Waals surface area contributed by atoms with E-state index in [-0.39, 0.29) is 0 Å². The molecule has 1 rings (SSSR count). The van der Waals surface area contributed by atoms with E-state index in [0.29, 0.717) is 0 Å². The average Bonchev–Trinajstić information content (AvgIpc) is 2.05. The van der Waals surface area contributed by atoms with Crippen LogP contribution >= 0.6 is 0 Å². The largest absolute Gasteiger partial charge is 0.384 e. The molecule has 1 aromatic carbocycles. The van der Waals surface area contributed by atoms with Gasteiger partial charge in [-0.2, -0.15) is 5.26 Å². The lowest BCUT2D eigenvalue weighted by Crippen LogP contribution is -1.99. The van der Waals surface area contributed by atoms with Crippen LogP contribution in [0.25, 0.3) is 0 Å². The van der Waals surface area contributed by atoms with Gasteiger partial charge in [-0.3, -0.25) is 0 Å². The highest BCUT2D eigenvalue weighted by atomic mass is 14.9. The maximum atomic E-state index is 8.84. The van der Waals surface area contributed by atoms with Crippen LogP contribution in [0.3, 0.4) is 0 Å². The molecule has 0 saturated heterocycles. The standard InChI is InChI=1S/C10H12N2/c1-3-12-10-6-4-5-8(2)9(10)7-11/h4-6,12H,3H2,1-2H3. The van der Waals surface area contributed by atoms with Crippen LogP contribution in [0, 0.1) is 18.3 Å². The van der Waals surface area contributed by atoms with Crippen LogP contribution in [0.2, 0.25) is 0 Å². The zero-order chi connectivity index (χ0) is 8.97. The summed E-state index contributed by atoms with van der Waals surface area (Å²) in [5.74, 6) is 0. The molecule has 0 heterocycles. The number of hydrogen-bond acceptors (Lipinski definition) is 2. The van der Waals surface area contributed by atoms with Gasteiger partial charge in [-0.25, -0.2) is 0 Å². The third kappa shape index (κ3) is 1.57. The van der Waals surface area contributed by atoms with Gasteiger partial charge in [0.2, 0.25) is 0 Å². The second-order valence-corrected chi connectivity index (χ2v) is 2.64. The molecule has 0 aliphatic heterocycles. The highest BCUT2D eigenvalue weighted by Gasteiger charge is 2.01. The first-order valence-corrected chi connectivity index (χ1v) is 4.03. The van der Waals surface area contributed by atoms with E-state index in [1.165, 1.54) is 0 Å². The van der Waals surface area contributed by atoms with Gasteiger partial charge in [-0.1, -0.05) is 12.1 Å². The minimum atomic E-state index is 0.749. The molecule has 0 aliphatic carbocycles. The molecule has 2 nitrogen and oxygen atoms in total. The number of nitrogens with one attached hydrogen (secondary N) is 1. The van der Waals surface area contributed by atoms with Crippen LogP contribution in [0.4, 0.5) is 5.69 Å². The maximum absolute atomic E-state index is 8.84. The fourth-order valence-corrected chi connectivity index (χ4v) is 1.15. The second-order valence-electron chi connectivity index (χ2n) is 2.64. The number of anilines is 1. The van der Waals surface area contributed by atoms with Gasteiger partial charge in [0.05, 0.1) is 11.3 Å². The van der Waals surface area contributed by atoms with E-state index < -0.39 is 0 Å². The van der Waals surface area contributed by atoms with Crippen molar-refractivity contribution in [2.24, 2.45) is 0 Å². The fraction of sp³-hybridized carbons (Fsp3) is 0.300. The number of hydrogen-bond donors (Lipinski definition) is 1. The van der Waals surface area contributed by atoms with Crippen LogP contribution in [-0.4, -0.2) is 6.54 Å². The number of nitriles is 1. The molecule has 0 amide bonds. The van der Waals surface area contributed by atoms with E-state index in [2.05, 4.69) is 11.4 Å². The van der Waals surface area contributed by atoms with E-state index >= 15 is 0 Å². The Balaban J connectivity index is 3.11. The number of nitrogens with zero attached hydrogens (tertiary/aromatic N) is 1. The predicted molar refractivity (Wildman–Crippen MR) is 50.1 cm³/mol. The summed E-state index contributed by atoms with van der Waals surface area (Å²) in [6.45, 7) is 4.81. The smallest absolute Gasteiger partial charge is 0.102 e. The summed E-state index contributed by atoms with van der Waals surface area (Å²) in [4.78, 5) is 0. The summed E-state index contributed by atoms with van der Waals surface area (Å²) in [6, 6.07) is 8.01. The molecule has 0 fully saturated rings. The topological polar surface area (TPSA) is 35.8 Å². The van der Waals surface area contributed by atoms with Crippen molar-refractivity contribution in [3.05, 3.63) is 29.3 Å². The highest BCUT2D eigenvalue weighted by Crippen LogP contribution is 2.17. The first kappa shape index (κ1) is 8.61. The highest BCUT2D eigenvalue weighted by molar-refractivity contribution is 5.60. The Hall–Kier alpha value is -1.49. The van der Waals surface area contributed by atoms with Gasteiger partial charge in [0, 0.05) is 6.54 Å². The summed E-state index contributed by atoms with van der Waals surface area (Å²) in [5, 5.41) is 12.0. The van der Waals surface area contributed by atoms with Crippen molar-refractivity contribution < 1.29 is 0 Å². The minimum absolute atomic E-state index is 0.749. The monoisotopic (exact) mass is 160 g/mol. The van der Waals surface area contributed by atoms with Crippen molar-refractivity contribution in [2.75, 3.05) is 11.9 Å². The molecule has 1 N–H and O–H groups in total. The maximum Gasteiger partial charge on any atom is 0.102 e. The molecule has 0 bridgehead atoms. The SMILES string of the molecule is CCNc1cccc(C)c1C#N. The lowest BCUT2D eigenvalue weighted by atomic mass is 10.1. The summed E-state index contributed by atoms with van der Waals surface area (Å²) >= 11 is 0. The van der Waals surface area contributed by atoms with Crippen LogP contribution in [0.15, 0.2) is 18.2 Å². The lowest BCUT2D eigenvalue weighted by Gasteiger charge is -2.06. The van der Waals surface area contributed by atoms with E-state index in [4.69, 9.17) is 5.26 Å². The van der Waals surface area contributed by atoms with Crippen LogP contribution in [0.5, 0.6) is 0 Å². The Morgan fingerprint density at radius 2 is 2.25 bits per heavy atom. The van der Waals surface area contributed by atoms with Gasteiger partial charge < -0.3 is 5.32 Å². The molecule has 0 saturated carbocycles. The summed E-state index contributed by atoms with van der Waals surface area (Å²) in [5.41, 5.74) is 2.70. The van der Waals surface area contributed by atoms with Gasteiger partial charge in [0.25, 0.3) is 0 Å². The van der Waals surface area contributed by atoms with Crippen molar-refractivity contribution in [2.45, 2.75) is 13.8 Å². The Morgan fingerprint density at radius 3 is 2.83 bits per heavy atom. The molecule has 0 atom stereocenters. The normalized spacial score (nSPS) is 9.08. The first-order chi connectivity index (χ1) is 5.79. The van der Waals surface area contributed by atoms with Crippen molar-refractivity contribution >= 4 is 5.69 Å². The van der Waals surface area contributed by atoms with Gasteiger partial charge in [0.1, 0.15) is 6.07 Å². The fourth-order valence-electron chi connectivity index (χ4n) is 1.15. The predicted octanol–water partition coefficient (Wildman–Crippen LogP) is 2.30. The molecule has 0 spiro atoms. The zero-order valence-corrected chi connectivity index (χ0v) is 7.39. The van der Waals surface area contributed by atoms with Crippen LogP contribution in [0.1, 0.15) is 18.1 Å². The lowest BCUT2D eigenvalue weighted by molar-refractivity contribution is 1.20. The Bertz CT molecular complexity index is 310. The molecule has 62 valence electrons. The quantitative estimate of drug-likeness (QED) is 0.720. The zero-order valence-electron chi connectivity index (χ0n) is 7.39. The van der Waals surface area contributed by atoms with Crippen molar-refractivity contribution in [3.63, 3.8) is 0 Å². The molecule has 0 aliphatic rings. The summed E-state index contributed by atoms with van der Waals surface area (Å²) in [6.07, 6.45) is 0. The van der Waals surface area contributed by atoms with E-state index in [1.807, 2.05) is 32.0 Å². The van der Waals surface area contributed by atoms with E-state index in [1.54, 1.807) is 0 Å². The number of rotatable bonds is 2. The molecule has 0 aromatic heterocycles. The van der Waals surface area contributed by atoms with Gasteiger partial charge in [0.15, 0.2) is 0 Å². The van der Waals surface area contributed by atoms with Gasteiger partial charge in [-0.15, -0.1) is 0 Å². The van der Waals surface area contributed by atoms with Gasteiger partial charge in [-0.05, 0) is 25.5 Å². The van der Waals surface area contributed by atoms with Gasteiger partial charge >= 0.3 is 0 Å². The van der Waals surface area contributed by atoms with E-state index in [0.717, 1.165) is 23.4 Å². The summed E-state index contributed by atoms with van der Waals surface area (Å²) in [7, 11) is 0.